The zero-order chi connectivity index (χ0) is 16.9. The van der Waals surface area contributed by atoms with Crippen LogP contribution in [0.4, 0.5) is 0 Å². The SMILES string of the molecule is CNCCC1CCN(C(=O)C2CC(c3ccc(Br)cc3)NN2)CC1.Cl. The maximum Gasteiger partial charge on any atom is 0.241 e. The number of likely N-dealkylation sites (tertiary alicyclic amines) is 1. The van der Waals surface area contributed by atoms with Crippen LogP contribution in [0.15, 0.2) is 28.7 Å². The summed E-state index contributed by atoms with van der Waals surface area (Å²) in [6.45, 7) is 2.87. The number of halogens is 2. The molecule has 1 amide bonds. The molecule has 3 rings (SSSR count). The van der Waals surface area contributed by atoms with Crippen LogP contribution < -0.4 is 16.2 Å². The standard InChI is InChI=1S/C18H27BrN4O.ClH/c1-20-9-6-13-7-10-23(11-8-13)18(24)17-12-16(21-22-17)14-2-4-15(19)5-3-14;/h2-5,13,16-17,20-22H,6-12H2,1H3;1H. The van der Waals surface area contributed by atoms with Crippen molar-refractivity contribution in [2.45, 2.75) is 37.8 Å². The number of benzene rings is 1. The topological polar surface area (TPSA) is 56.4 Å². The smallest absolute Gasteiger partial charge is 0.241 e. The first kappa shape index (κ1) is 20.6. The highest BCUT2D eigenvalue weighted by Gasteiger charge is 2.34. The molecule has 0 aliphatic carbocycles. The van der Waals surface area contributed by atoms with Gasteiger partial charge in [-0.2, -0.15) is 0 Å². The third-order valence-corrected chi connectivity index (χ3v) is 5.73. The van der Waals surface area contributed by atoms with Crippen LogP contribution in [0.2, 0.25) is 0 Å². The molecule has 5 nitrogen and oxygen atoms in total. The van der Waals surface area contributed by atoms with Gasteiger partial charge < -0.3 is 10.2 Å². The molecule has 1 aromatic carbocycles. The lowest BCUT2D eigenvalue weighted by Crippen LogP contribution is -2.48. The van der Waals surface area contributed by atoms with Crippen molar-refractivity contribution >= 4 is 34.2 Å². The molecule has 2 aliphatic heterocycles. The van der Waals surface area contributed by atoms with Gasteiger partial charge in [-0.3, -0.25) is 4.79 Å². The molecule has 2 fully saturated rings. The molecule has 3 N–H and O–H groups in total. The molecule has 2 aliphatic rings. The Hall–Kier alpha value is -0.660. The van der Waals surface area contributed by atoms with Gasteiger partial charge >= 0.3 is 0 Å². The summed E-state index contributed by atoms with van der Waals surface area (Å²) in [7, 11) is 2.00. The number of hydrogen-bond acceptors (Lipinski definition) is 4. The summed E-state index contributed by atoms with van der Waals surface area (Å²) in [5.74, 6) is 1.00. The Morgan fingerprint density at radius 3 is 2.56 bits per heavy atom. The number of hydrogen-bond donors (Lipinski definition) is 3. The second-order valence-electron chi connectivity index (χ2n) is 6.84. The first-order chi connectivity index (χ1) is 11.7. The predicted molar refractivity (Wildman–Crippen MR) is 107 cm³/mol. The molecule has 25 heavy (non-hydrogen) atoms. The fourth-order valence-electron chi connectivity index (χ4n) is 3.64. The van der Waals surface area contributed by atoms with Gasteiger partial charge in [0.25, 0.3) is 0 Å². The Morgan fingerprint density at radius 1 is 1.24 bits per heavy atom. The van der Waals surface area contributed by atoms with E-state index in [0.29, 0.717) is 0 Å². The molecule has 0 spiro atoms. The average Bonchev–Trinajstić information content (AvgIpc) is 3.10. The molecule has 2 unspecified atom stereocenters. The van der Waals surface area contributed by atoms with Crippen molar-refractivity contribution in [3.8, 4) is 0 Å². The molecule has 0 radical (unpaired) electrons. The Balaban J connectivity index is 0.00000225. The first-order valence-electron chi connectivity index (χ1n) is 8.87. The maximum atomic E-state index is 12.8. The fraction of sp³-hybridized carbons (Fsp3) is 0.611. The molecule has 0 saturated carbocycles. The lowest BCUT2D eigenvalue weighted by molar-refractivity contribution is -0.134. The van der Waals surface area contributed by atoms with Crippen molar-refractivity contribution < 1.29 is 4.79 Å². The Kier molecular flexibility index (Phi) is 8.16. The molecule has 0 aromatic heterocycles. The Bertz CT molecular complexity index is 549. The van der Waals surface area contributed by atoms with Crippen molar-refractivity contribution in [2.24, 2.45) is 5.92 Å². The van der Waals surface area contributed by atoms with Gasteiger partial charge in [-0.15, -0.1) is 12.4 Å². The Morgan fingerprint density at radius 2 is 1.92 bits per heavy atom. The van der Waals surface area contributed by atoms with Gasteiger partial charge in [-0.25, -0.2) is 10.9 Å². The summed E-state index contributed by atoms with van der Waals surface area (Å²) in [6.07, 6.45) is 4.28. The number of carbonyl (C=O) groups excluding carboxylic acids is 1. The van der Waals surface area contributed by atoms with Crippen molar-refractivity contribution in [3.05, 3.63) is 34.3 Å². The molecule has 1 aromatic rings. The van der Waals surface area contributed by atoms with E-state index < -0.39 is 0 Å². The highest BCUT2D eigenvalue weighted by molar-refractivity contribution is 9.10. The summed E-state index contributed by atoms with van der Waals surface area (Å²) >= 11 is 3.46. The van der Waals surface area contributed by atoms with Crippen LogP contribution in [0.3, 0.4) is 0 Å². The number of hydrazine groups is 1. The van der Waals surface area contributed by atoms with Gasteiger partial charge in [0, 0.05) is 23.6 Å². The number of carbonyl (C=O) groups is 1. The monoisotopic (exact) mass is 430 g/mol. The van der Waals surface area contributed by atoms with Crippen LogP contribution in [0, 0.1) is 5.92 Å². The third kappa shape index (κ3) is 5.41. The van der Waals surface area contributed by atoms with E-state index in [-0.39, 0.29) is 30.4 Å². The van der Waals surface area contributed by atoms with Crippen LogP contribution in [-0.2, 0) is 4.79 Å². The fourth-order valence-corrected chi connectivity index (χ4v) is 3.91. The molecule has 2 atom stereocenters. The van der Waals surface area contributed by atoms with E-state index in [4.69, 9.17) is 0 Å². The van der Waals surface area contributed by atoms with E-state index in [1.165, 1.54) is 12.0 Å². The highest BCUT2D eigenvalue weighted by Crippen LogP contribution is 2.26. The van der Waals surface area contributed by atoms with Gasteiger partial charge in [0.2, 0.25) is 5.91 Å². The molecule has 0 bridgehead atoms. The minimum Gasteiger partial charge on any atom is -0.341 e. The van der Waals surface area contributed by atoms with E-state index in [1.807, 2.05) is 24.1 Å². The normalized spacial score (nSPS) is 24.2. The molecule has 7 heteroatoms. The Labute approximate surface area is 164 Å². The van der Waals surface area contributed by atoms with Crippen molar-refractivity contribution in [2.75, 3.05) is 26.7 Å². The van der Waals surface area contributed by atoms with Crippen molar-refractivity contribution in [3.63, 3.8) is 0 Å². The lowest BCUT2D eigenvalue weighted by Gasteiger charge is -2.33. The molecular formula is C18H28BrClN4O. The highest BCUT2D eigenvalue weighted by atomic mass is 79.9. The van der Waals surface area contributed by atoms with Gasteiger partial charge in [0.05, 0.1) is 0 Å². The largest absolute Gasteiger partial charge is 0.341 e. The van der Waals surface area contributed by atoms with Gasteiger partial charge in [0.15, 0.2) is 0 Å². The second kappa shape index (κ2) is 9.88. The number of nitrogens with zero attached hydrogens (tertiary/aromatic N) is 1. The maximum absolute atomic E-state index is 12.8. The van der Waals surface area contributed by atoms with Crippen LogP contribution in [0.1, 0.15) is 37.3 Å². The van der Waals surface area contributed by atoms with Crippen LogP contribution in [0.25, 0.3) is 0 Å². The zero-order valence-corrected chi connectivity index (χ0v) is 17.0. The van der Waals surface area contributed by atoms with Gasteiger partial charge in [-0.1, -0.05) is 28.1 Å². The van der Waals surface area contributed by atoms with Gasteiger partial charge in [0.1, 0.15) is 6.04 Å². The molecule has 2 saturated heterocycles. The molecular weight excluding hydrogens is 404 g/mol. The van der Waals surface area contributed by atoms with E-state index >= 15 is 0 Å². The summed E-state index contributed by atoms with van der Waals surface area (Å²) in [6, 6.07) is 8.37. The zero-order valence-electron chi connectivity index (χ0n) is 14.6. The lowest BCUT2D eigenvalue weighted by atomic mass is 9.93. The quantitative estimate of drug-likeness (QED) is 0.671. The number of rotatable bonds is 5. The minimum absolute atomic E-state index is 0. The van der Waals surface area contributed by atoms with Crippen molar-refractivity contribution in [1.82, 2.24) is 21.1 Å². The number of nitrogens with one attached hydrogen (secondary N) is 3. The average molecular weight is 432 g/mol. The first-order valence-corrected chi connectivity index (χ1v) is 9.66. The minimum atomic E-state index is -0.118. The van der Waals surface area contributed by atoms with Crippen LogP contribution >= 0.6 is 28.3 Å². The predicted octanol–water partition coefficient (Wildman–Crippen LogP) is 2.63. The second-order valence-corrected chi connectivity index (χ2v) is 7.76. The van der Waals surface area contributed by atoms with Crippen LogP contribution in [0.5, 0.6) is 0 Å². The number of amides is 1. The summed E-state index contributed by atoms with van der Waals surface area (Å²) in [4.78, 5) is 14.8. The summed E-state index contributed by atoms with van der Waals surface area (Å²) in [5, 5.41) is 3.22. The van der Waals surface area contributed by atoms with E-state index in [0.717, 1.165) is 49.3 Å². The molecule has 2 heterocycles. The van der Waals surface area contributed by atoms with E-state index in [2.05, 4.69) is 44.2 Å². The number of piperidine rings is 1. The van der Waals surface area contributed by atoms with E-state index in [9.17, 15) is 4.79 Å². The third-order valence-electron chi connectivity index (χ3n) is 5.20. The van der Waals surface area contributed by atoms with Gasteiger partial charge in [-0.05, 0) is 62.9 Å². The summed E-state index contributed by atoms with van der Waals surface area (Å²) in [5.41, 5.74) is 7.69. The van der Waals surface area contributed by atoms with Crippen LogP contribution in [-0.4, -0.2) is 43.5 Å². The van der Waals surface area contributed by atoms with Crippen molar-refractivity contribution in [1.29, 1.82) is 0 Å². The van der Waals surface area contributed by atoms with E-state index in [1.54, 1.807) is 0 Å². The summed E-state index contributed by atoms with van der Waals surface area (Å²) < 4.78 is 1.07. The molecule has 140 valence electrons.